The molecule has 26 heavy (non-hydrogen) atoms. The van der Waals surface area contributed by atoms with Crippen LogP contribution in [0.5, 0.6) is 5.75 Å². The topological polar surface area (TPSA) is 64.1 Å². The molecule has 2 aromatic heterocycles. The summed E-state index contributed by atoms with van der Waals surface area (Å²) >= 11 is 1.41. The zero-order valence-electron chi connectivity index (χ0n) is 14.9. The van der Waals surface area contributed by atoms with Crippen LogP contribution in [-0.4, -0.2) is 29.0 Å². The van der Waals surface area contributed by atoms with E-state index >= 15 is 0 Å². The minimum absolute atomic E-state index is 0.0897. The Hall–Kier alpha value is -2.73. The Balaban J connectivity index is 1.64. The first-order valence-electron chi connectivity index (χ1n) is 8.56. The van der Waals surface area contributed by atoms with Crippen LogP contribution >= 0.6 is 11.3 Å². The van der Waals surface area contributed by atoms with Crippen molar-refractivity contribution in [2.24, 2.45) is 0 Å². The number of aromatic nitrogens is 2. The van der Waals surface area contributed by atoms with Crippen LogP contribution < -0.4 is 10.1 Å². The van der Waals surface area contributed by atoms with Gasteiger partial charge < -0.3 is 10.1 Å². The van der Waals surface area contributed by atoms with Crippen molar-refractivity contribution >= 4 is 17.2 Å². The van der Waals surface area contributed by atoms with E-state index in [4.69, 9.17) is 4.74 Å². The maximum atomic E-state index is 12.5. The van der Waals surface area contributed by atoms with E-state index in [1.165, 1.54) is 11.3 Å². The summed E-state index contributed by atoms with van der Waals surface area (Å²) in [4.78, 5) is 21.9. The monoisotopic (exact) mass is 367 g/mol. The van der Waals surface area contributed by atoms with Gasteiger partial charge in [0.15, 0.2) is 0 Å². The van der Waals surface area contributed by atoms with Crippen molar-refractivity contribution in [1.29, 1.82) is 0 Å². The van der Waals surface area contributed by atoms with E-state index in [1.54, 1.807) is 6.20 Å². The number of aryl methyl sites for hydroxylation is 1. The van der Waals surface area contributed by atoms with Crippen molar-refractivity contribution in [3.8, 4) is 16.3 Å². The summed E-state index contributed by atoms with van der Waals surface area (Å²) in [5, 5.41) is 3.78. The lowest BCUT2D eigenvalue weighted by Crippen LogP contribution is -2.25. The molecule has 0 bridgehead atoms. The lowest BCUT2D eigenvalue weighted by atomic mass is 10.2. The van der Waals surface area contributed by atoms with Gasteiger partial charge in [0.2, 0.25) is 0 Å². The number of rotatable bonds is 7. The quantitative estimate of drug-likeness (QED) is 0.688. The van der Waals surface area contributed by atoms with Gasteiger partial charge in [0.05, 0.1) is 12.3 Å². The maximum absolute atomic E-state index is 12.5. The van der Waals surface area contributed by atoms with Crippen molar-refractivity contribution < 1.29 is 9.53 Å². The number of benzene rings is 1. The fraction of sp³-hybridized carbons (Fsp3) is 0.250. The minimum atomic E-state index is -0.0897. The van der Waals surface area contributed by atoms with Crippen LogP contribution in [0.15, 0.2) is 48.7 Å². The van der Waals surface area contributed by atoms with Crippen molar-refractivity contribution in [1.82, 2.24) is 15.3 Å². The molecule has 134 valence electrons. The van der Waals surface area contributed by atoms with E-state index in [9.17, 15) is 4.79 Å². The van der Waals surface area contributed by atoms with Crippen LogP contribution in [0.1, 0.15) is 28.0 Å². The van der Waals surface area contributed by atoms with Gasteiger partial charge in [0, 0.05) is 30.4 Å². The summed E-state index contributed by atoms with van der Waals surface area (Å²) in [6.45, 7) is 5.00. The van der Waals surface area contributed by atoms with E-state index < -0.39 is 0 Å². The van der Waals surface area contributed by atoms with E-state index in [0.717, 1.165) is 27.7 Å². The molecule has 0 unspecified atom stereocenters. The summed E-state index contributed by atoms with van der Waals surface area (Å²) in [6.07, 6.45) is 2.46. The number of hydrogen-bond donors (Lipinski definition) is 1. The molecule has 0 saturated heterocycles. The fourth-order valence-electron chi connectivity index (χ4n) is 2.52. The zero-order valence-corrected chi connectivity index (χ0v) is 15.7. The highest BCUT2D eigenvalue weighted by Crippen LogP contribution is 2.29. The number of ether oxygens (including phenoxy) is 1. The molecule has 0 aliphatic carbocycles. The van der Waals surface area contributed by atoms with E-state index in [0.29, 0.717) is 24.4 Å². The summed E-state index contributed by atoms with van der Waals surface area (Å²) in [5.41, 5.74) is 2.69. The molecule has 3 aromatic rings. The highest BCUT2D eigenvalue weighted by atomic mass is 32.1. The average Bonchev–Trinajstić information content (AvgIpc) is 3.05. The summed E-state index contributed by atoms with van der Waals surface area (Å²) < 4.78 is 5.46. The number of thiazole rings is 1. The second-order valence-electron chi connectivity index (χ2n) is 5.72. The van der Waals surface area contributed by atoms with Crippen molar-refractivity contribution in [2.75, 3.05) is 13.2 Å². The molecule has 1 aromatic carbocycles. The fourth-order valence-corrected chi connectivity index (χ4v) is 3.51. The van der Waals surface area contributed by atoms with E-state index in [1.807, 2.05) is 56.3 Å². The first-order valence-corrected chi connectivity index (χ1v) is 9.37. The van der Waals surface area contributed by atoms with Gasteiger partial charge >= 0.3 is 0 Å². The van der Waals surface area contributed by atoms with Crippen LogP contribution in [-0.2, 0) is 6.42 Å². The molecule has 5 nitrogen and oxygen atoms in total. The number of carbonyl (C=O) groups excluding carboxylic acids is 1. The second-order valence-corrected chi connectivity index (χ2v) is 6.72. The van der Waals surface area contributed by atoms with E-state index in [2.05, 4.69) is 15.3 Å². The average molecular weight is 367 g/mol. The third-order valence-electron chi connectivity index (χ3n) is 3.81. The normalized spacial score (nSPS) is 10.5. The number of nitrogens with one attached hydrogen (secondary N) is 1. The predicted molar refractivity (Wildman–Crippen MR) is 104 cm³/mol. The van der Waals surface area contributed by atoms with Gasteiger partial charge in [-0.1, -0.05) is 6.07 Å². The minimum Gasteiger partial charge on any atom is -0.494 e. The molecule has 0 aliphatic heterocycles. The molecule has 1 N–H and O–H groups in total. The van der Waals surface area contributed by atoms with Gasteiger partial charge in [-0.3, -0.25) is 9.78 Å². The predicted octanol–water partition coefficient (Wildman–Crippen LogP) is 3.88. The molecule has 0 radical (unpaired) electrons. The third-order valence-corrected chi connectivity index (χ3v) is 5.01. The number of hydrogen-bond acceptors (Lipinski definition) is 5. The molecular formula is C20H21N3O2S. The molecule has 0 saturated carbocycles. The van der Waals surface area contributed by atoms with Crippen LogP contribution in [0.2, 0.25) is 0 Å². The van der Waals surface area contributed by atoms with Crippen LogP contribution in [0.3, 0.4) is 0 Å². The first-order chi connectivity index (χ1) is 12.7. The van der Waals surface area contributed by atoms with Gasteiger partial charge in [-0.15, -0.1) is 11.3 Å². The van der Waals surface area contributed by atoms with Crippen LogP contribution in [0.25, 0.3) is 10.6 Å². The highest BCUT2D eigenvalue weighted by Gasteiger charge is 2.16. The number of nitrogens with zero attached hydrogens (tertiary/aromatic N) is 2. The second kappa shape index (κ2) is 8.58. The molecular weight excluding hydrogens is 346 g/mol. The van der Waals surface area contributed by atoms with Gasteiger partial charge in [-0.05, 0) is 50.2 Å². The Labute approximate surface area is 157 Å². The van der Waals surface area contributed by atoms with Crippen LogP contribution in [0.4, 0.5) is 0 Å². The molecule has 3 rings (SSSR count). The number of amides is 1. The first kappa shape index (κ1) is 18.1. The van der Waals surface area contributed by atoms with Crippen LogP contribution in [0, 0.1) is 6.92 Å². The van der Waals surface area contributed by atoms with Crippen molar-refractivity contribution in [3.05, 3.63) is 64.9 Å². The molecule has 1 amide bonds. The Bertz CT molecular complexity index is 861. The molecule has 0 aliphatic rings. The standard InChI is InChI=1S/C20H21N3O2S/c1-3-25-17-9-7-15(8-10-17)20-23-14(2)18(26-20)19(24)22-13-11-16-6-4-5-12-21-16/h4-10,12H,3,11,13H2,1-2H3,(H,22,24). The largest absolute Gasteiger partial charge is 0.494 e. The number of carbonyl (C=O) groups is 1. The highest BCUT2D eigenvalue weighted by molar-refractivity contribution is 7.17. The van der Waals surface area contributed by atoms with Crippen molar-refractivity contribution in [3.63, 3.8) is 0 Å². The van der Waals surface area contributed by atoms with Gasteiger partial charge in [-0.25, -0.2) is 4.98 Å². The third kappa shape index (κ3) is 4.46. The molecule has 0 atom stereocenters. The molecule has 0 fully saturated rings. The summed E-state index contributed by atoms with van der Waals surface area (Å²) in [5.74, 6) is 0.741. The molecule has 0 spiro atoms. The Morgan fingerprint density at radius 2 is 2.00 bits per heavy atom. The van der Waals surface area contributed by atoms with Gasteiger partial charge in [0.1, 0.15) is 15.6 Å². The Morgan fingerprint density at radius 3 is 2.69 bits per heavy atom. The van der Waals surface area contributed by atoms with Gasteiger partial charge in [0.25, 0.3) is 5.91 Å². The van der Waals surface area contributed by atoms with Crippen molar-refractivity contribution in [2.45, 2.75) is 20.3 Å². The Kier molecular flexibility index (Phi) is 5.96. The summed E-state index contributed by atoms with van der Waals surface area (Å²) in [7, 11) is 0. The van der Waals surface area contributed by atoms with Gasteiger partial charge in [-0.2, -0.15) is 0 Å². The Morgan fingerprint density at radius 1 is 1.19 bits per heavy atom. The summed E-state index contributed by atoms with van der Waals surface area (Å²) in [6, 6.07) is 13.5. The van der Waals surface area contributed by atoms with E-state index in [-0.39, 0.29) is 5.91 Å². The number of pyridine rings is 1. The maximum Gasteiger partial charge on any atom is 0.263 e. The lowest BCUT2D eigenvalue weighted by molar-refractivity contribution is 0.0957. The smallest absolute Gasteiger partial charge is 0.263 e. The zero-order chi connectivity index (χ0) is 18.4. The lowest BCUT2D eigenvalue weighted by Gasteiger charge is -2.03. The SMILES string of the molecule is CCOc1ccc(-c2nc(C)c(C(=O)NCCc3ccccn3)s2)cc1. The molecule has 2 heterocycles. The molecule has 6 heteroatoms.